The van der Waals surface area contributed by atoms with Gasteiger partial charge in [-0.2, -0.15) is 0 Å². The third-order valence-electron chi connectivity index (χ3n) is 9.65. The van der Waals surface area contributed by atoms with Crippen LogP contribution in [-0.2, 0) is 0 Å². The maximum Gasteiger partial charge on any atom is 0.143 e. The average molecular weight is 644 g/mol. The van der Waals surface area contributed by atoms with Gasteiger partial charge in [0, 0.05) is 47.9 Å². The van der Waals surface area contributed by atoms with Crippen LogP contribution >= 0.6 is 11.3 Å². The van der Waals surface area contributed by atoms with Gasteiger partial charge in [-0.25, -0.2) is 0 Å². The van der Waals surface area contributed by atoms with Gasteiger partial charge in [-0.1, -0.05) is 127 Å². The minimum atomic E-state index is 0.875. The van der Waals surface area contributed by atoms with Crippen LogP contribution in [0.25, 0.3) is 75.1 Å². The Morgan fingerprint density at radius 3 is 1.84 bits per heavy atom. The number of hydrogen-bond donors (Lipinski definition) is 0. The van der Waals surface area contributed by atoms with E-state index >= 15 is 0 Å². The summed E-state index contributed by atoms with van der Waals surface area (Å²) < 4.78 is 9.38. The molecule has 0 amide bonds. The number of furan rings is 1. The number of benzene rings is 8. The van der Waals surface area contributed by atoms with Crippen molar-refractivity contribution in [2.45, 2.75) is 0 Å². The van der Waals surface area contributed by atoms with Crippen LogP contribution in [0.5, 0.6) is 0 Å². The van der Waals surface area contributed by atoms with Crippen molar-refractivity contribution >= 4 is 81.3 Å². The Hall–Kier alpha value is -6.16. The van der Waals surface area contributed by atoms with Gasteiger partial charge in [0.25, 0.3) is 0 Å². The molecule has 0 spiro atoms. The van der Waals surface area contributed by atoms with E-state index in [4.69, 9.17) is 4.42 Å². The van der Waals surface area contributed by atoms with E-state index in [0.29, 0.717) is 0 Å². The fourth-order valence-corrected chi connectivity index (χ4v) is 8.71. The number of para-hydroxylation sites is 2. The third kappa shape index (κ3) is 4.47. The Balaban J connectivity index is 1.26. The van der Waals surface area contributed by atoms with E-state index in [1.807, 2.05) is 11.3 Å². The normalized spacial score (nSPS) is 11.7. The smallest absolute Gasteiger partial charge is 0.143 e. The molecule has 0 fully saturated rings. The lowest BCUT2D eigenvalue weighted by Crippen LogP contribution is -2.09. The van der Waals surface area contributed by atoms with Crippen LogP contribution in [0.1, 0.15) is 0 Å². The van der Waals surface area contributed by atoms with Gasteiger partial charge in [0.1, 0.15) is 11.2 Å². The Morgan fingerprint density at radius 1 is 0.429 bits per heavy atom. The first-order valence-corrected chi connectivity index (χ1v) is 17.4. The van der Waals surface area contributed by atoms with Gasteiger partial charge < -0.3 is 9.32 Å². The van der Waals surface area contributed by atoms with Crippen molar-refractivity contribution in [3.63, 3.8) is 0 Å². The zero-order valence-electron chi connectivity index (χ0n) is 26.5. The number of hydrogen-bond acceptors (Lipinski definition) is 3. The molecule has 0 aliphatic carbocycles. The lowest BCUT2D eigenvalue weighted by molar-refractivity contribution is 0.672. The number of nitrogens with zero attached hydrogens (tertiary/aromatic N) is 1. The summed E-state index contributed by atoms with van der Waals surface area (Å²) in [5.74, 6) is 0. The number of anilines is 3. The largest absolute Gasteiger partial charge is 0.455 e. The maximum absolute atomic E-state index is 6.79. The van der Waals surface area contributed by atoms with E-state index in [1.54, 1.807) is 0 Å². The SMILES string of the molecule is c1ccc(-c2ccc3c(c2)sc2c(-c4cc5c(oc6cccc(N(c7ccccc7)c7ccccc7)c65)c5ccccc45)cccc23)cc1. The highest BCUT2D eigenvalue weighted by Gasteiger charge is 2.22. The van der Waals surface area contributed by atoms with Gasteiger partial charge in [-0.3, -0.25) is 0 Å². The second-order valence-electron chi connectivity index (χ2n) is 12.5. The van der Waals surface area contributed by atoms with E-state index in [1.165, 1.54) is 47.8 Å². The molecule has 0 atom stereocenters. The van der Waals surface area contributed by atoms with Crippen molar-refractivity contribution in [2.75, 3.05) is 4.90 Å². The van der Waals surface area contributed by atoms with Crippen LogP contribution in [0.2, 0.25) is 0 Å². The molecule has 2 nitrogen and oxygen atoms in total. The van der Waals surface area contributed by atoms with E-state index in [2.05, 4.69) is 181 Å². The summed E-state index contributed by atoms with van der Waals surface area (Å²) in [6, 6.07) is 62.9. The van der Waals surface area contributed by atoms with Gasteiger partial charge in [0.2, 0.25) is 0 Å². The molecule has 10 aromatic rings. The summed E-state index contributed by atoms with van der Waals surface area (Å²) in [6.45, 7) is 0. The number of fused-ring (bicyclic) bond motifs is 8. The maximum atomic E-state index is 6.79. The fraction of sp³-hybridized carbons (Fsp3) is 0. The second kappa shape index (κ2) is 11.2. The van der Waals surface area contributed by atoms with Crippen LogP contribution in [-0.4, -0.2) is 0 Å². The first-order chi connectivity index (χ1) is 24.3. The molecule has 2 heterocycles. The second-order valence-corrected chi connectivity index (χ2v) is 13.5. The zero-order chi connectivity index (χ0) is 32.3. The summed E-state index contributed by atoms with van der Waals surface area (Å²) in [6.07, 6.45) is 0. The fourth-order valence-electron chi connectivity index (χ4n) is 7.44. The topological polar surface area (TPSA) is 16.4 Å². The van der Waals surface area contributed by atoms with Gasteiger partial charge in [-0.05, 0) is 70.6 Å². The molecule has 0 unspecified atom stereocenters. The molecular weight excluding hydrogens is 615 g/mol. The van der Waals surface area contributed by atoms with Gasteiger partial charge in [0.05, 0.1) is 11.1 Å². The van der Waals surface area contributed by atoms with Crippen LogP contribution in [0, 0.1) is 0 Å². The van der Waals surface area contributed by atoms with Gasteiger partial charge in [-0.15, -0.1) is 11.3 Å². The molecule has 0 N–H and O–H groups in total. The first-order valence-electron chi connectivity index (χ1n) is 16.6. The summed E-state index contributed by atoms with van der Waals surface area (Å²) >= 11 is 1.88. The summed E-state index contributed by atoms with van der Waals surface area (Å²) in [7, 11) is 0. The Bertz CT molecular complexity index is 2780. The van der Waals surface area contributed by atoms with Crippen molar-refractivity contribution in [1.82, 2.24) is 0 Å². The Morgan fingerprint density at radius 2 is 1.08 bits per heavy atom. The minimum absolute atomic E-state index is 0.875. The summed E-state index contributed by atoms with van der Waals surface area (Å²) in [5.41, 5.74) is 10.0. The van der Waals surface area contributed by atoms with Gasteiger partial charge >= 0.3 is 0 Å². The molecule has 0 bridgehead atoms. The quantitative estimate of drug-likeness (QED) is 0.186. The first kappa shape index (κ1) is 27.9. The molecule has 0 radical (unpaired) electrons. The molecule has 8 aromatic carbocycles. The van der Waals surface area contributed by atoms with E-state index in [-0.39, 0.29) is 0 Å². The number of thiophene rings is 1. The standard InChI is InChI=1S/C46H29NOS/c1-4-14-30(15-5-1)31-26-27-35-37-22-12-23-38(46(37)49-43(35)28-31)39-29-40-44-41(47(32-16-6-2-7-17-32)33-18-8-3-9-19-33)24-13-25-42(44)48-45(40)36-21-11-10-20-34(36)39/h1-29H. The van der Waals surface area contributed by atoms with Gasteiger partial charge in [0.15, 0.2) is 0 Å². The van der Waals surface area contributed by atoms with Crippen LogP contribution in [0.15, 0.2) is 180 Å². The highest BCUT2D eigenvalue weighted by molar-refractivity contribution is 7.26. The summed E-state index contributed by atoms with van der Waals surface area (Å²) in [4.78, 5) is 2.34. The molecule has 0 saturated heterocycles. The van der Waals surface area contributed by atoms with Crippen molar-refractivity contribution in [3.05, 3.63) is 176 Å². The lowest BCUT2D eigenvalue weighted by Gasteiger charge is -2.26. The number of rotatable bonds is 5. The van der Waals surface area contributed by atoms with E-state index in [0.717, 1.165) is 44.4 Å². The lowest BCUT2D eigenvalue weighted by atomic mass is 9.94. The molecule has 49 heavy (non-hydrogen) atoms. The van der Waals surface area contributed by atoms with E-state index < -0.39 is 0 Å². The average Bonchev–Trinajstić information content (AvgIpc) is 3.75. The minimum Gasteiger partial charge on any atom is -0.455 e. The van der Waals surface area contributed by atoms with Crippen LogP contribution in [0.3, 0.4) is 0 Å². The monoisotopic (exact) mass is 643 g/mol. The van der Waals surface area contributed by atoms with Crippen molar-refractivity contribution in [2.24, 2.45) is 0 Å². The predicted octanol–water partition coefficient (Wildman–Crippen LogP) is 13.9. The highest BCUT2D eigenvalue weighted by atomic mass is 32.1. The molecule has 230 valence electrons. The molecule has 10 rings (SSSR count). The molecule has 2 aromatic heterocycles. The molecule has 0 aliphatic rings. The van der Waals surface area contributed by atoms with Crippen LogP contribution < -0.4 is 4.90 Å². The van der Waals surface area contributed by atoms with E-state index in [9.17, 15) is 0 Å². The van der Waals surface area contributed by atoms with Crippen molar-refractivity contribution in [1.29, 1.82) is 0 Å². The third-order valence-corrected chi connectivity index (χ3v) is 10.8. The van der Waals surface area contributed by atoms with Crippen molar-refractivity contribution < 1.29 is 4.42 Å². The summed E-state index contributed by atoms with van der Waals surface area (Å²) in [5, 5.41) is 7.11. The molecule has 0 aliphatic heterocycles. The molecule has 0 saturated carbocycles. The molecule has 3 heteroatoms. The van der Waals surface area contributed by atoms with Crippen molar-refractivity contribution in [3.8, 4) is 22.3 Å². The zero-order valence-corrected chi connectivity index (χ0v) is 27.3. The predicted molar refractivity (Wildman–Crippen MR) is 210 cm³/mol. The Kier molecular flexibility index (Phi) is 6.39. The Labute approximate surface area is 287 Å². The highest BCUT2D eigenvalue weighted by Crippen LogP contribution is 2.48. The van der Waals surface area contributed by atoms with Crippen LogP contribution in [0.4, 0.5) is 17.1 Å². The molecular formula is C46H29NOS.